The molecule has 2 aromatic heterocycles. The molecule has 0 amide bonds. The first kappa shape index (κ1) is 11.3. The van der Waals surface area contributed by atoms with Crippen LogP contribution in [0.25, 0.3) is 5.95 Å². The quantitative estimate of drug-likeness (QED) is 0.869. The van der Waals surface area contributed by atoms with Crippen molar-refractivity contribution >= 4 is 5.97 Å². The van der Waals surface area contributed by atoms with Gasteiger partial charge in [-0.1, -0.05) is 0 Å². The van der Waals surface area contributed by atoms with Crippen molar-refractivity contribution in [2.45, 2.75) is 20.3 Å². The molecule has 0 radical (unpaired) electrons. The second-order valence-electron chi connectivity index (χ2n) is 3.87. The van der Waals surface area contributed by atoms with Crippen LogP contribution in [-0.2, 0) is 11.2 Å². The summed E-state index contributed by atoms with van der Waals surface area (Å²) in [5.74, 6) is -0.376. The fraction of sp³-hybridized carbons (Fsp3) is 0.250. The van der Waals surface area contributed by atoms with Crippen LogP contribution in [-0.4, -0.2) is 25.6 Å². The zero-order chi connectivity index (χ0) is 12.4. The molecule has 2 aromatic rings. The molecule has 0 aliphatic heterocycles. The van der Waals surface area contributed by atoms with Crippen molar-refractivity contribution in [2.24, 2.45) is 0 Å². The highest BCUT2D eigenvalue weighted by atomic mass is 16.4. The first-order valence-electron chi connectivity index (χ1n) is 5.27. The van der Waals surface area contributed by atoms with E-state index >= 15 is 0 Å². The maximum absolute atomic E-state index is 10.6. The van der Waals surface area contributed by atoms with Crippen LogP contribution in [0, 0.1) is 13.8 Å². The predicted molar refractivity (Wildman–Crippen MR) is 62.2 cm³/mol. The molecule has 0 spiro atoms. The van der Waals surface area contributed by atoms with Crippen molar-refractivity contribution in [3.8, 4) is 5.95 Å². The summed E-state index contributed by atoms with van der Waals surface area (Å²) in [7, 11) is 0. The number of hydrogen-bond donors (Lipinski definition) is 1. The Morgan fingerprint density at radius 3 is 2.53 bits per heavy atom. The molecule has 0 atom stereocenters. The van der Waals surface area contributed by atoms with E-state index in [0.29, 0.717) is 11.6 Å². The van der Waals surface area contributed by atoms with E-state index in [4.69, 9.17) is 5.11 Å². The molecule has 0 aromatic carbocycles. The fourth-order valence-corrected chi connectivity index (χ4v) is 1.73. The van der Waals surface area contributed by atoms with Crippen molar-refractivity contribution in [1.82, 2.24) is 14.5 Å². The third-order valence-corrected chi connectivity index (χ3v) is 2.50. The summed E-state index contributed by atoms with van der Waals surface area (Å²) < 4.78 is 1.89. The Labute approximate surface area is 98.8 Å². The molecule has 0 unspecified atom stereocenters. The van der Waals surface area contributed by atoms with Crippen molar-refractivity contribution in [3.63, 3.8) is 0 Å². The molecule has 2 rings (SSSR count). The maximum Gasteiger partial charge on any atom is 0.309 e. The van der Waals surface area contributed by atoms with Crippen molar-refractivity contribution in [2.75, 3.05) is 0 Å². The van der Waals surface area contributed by atoms with Gasteiger partial charge in [0.15, 0.2) is 0 Å². The summed E-state index contributed by atoms with van der Waals surface area (Å²) >= 11 is 0. The van der Waals surface area contributed by atoms with Gasteiger partial charge in [-0.2, -0.15) is 0 Å². The van der Waals surface area contributed by atoms with E-state index < -0.39 is 5.97 Å². The van der Waals surface area contributed by atoms with Gasteiger partial charge in [0.05, 0.1) is 12.1 Å². The van der Waals surface area contributed by atoms with Gasteiger partial charge in [0, 0.05) is 17.6 Å². The third-order valence-electron chi connectivity index (χ3n) is 2.50. The lowest BCUT2D eigenvalue weighted by Gasteiger charge is -2.07. The first-order chi connectivity index (χ1) is 8.08. The minimum Gasteiger partial charge on any atom is -0.481 e. The smallest absolute Gasteiger partial charge is 0.309 e. The molecule has 17 heavy (non-hydrogen) atoms. The van der Waals surface area contributed by atoms with E-state index in [1.807, 2.05) is 30.5 Å². The summed E-state index contributed by atoms with van der Waals surface area (Å²) in [6, 6.07) is 5.57. The Morgan fingerprint density at radius 2 is 1.94 bits per heavy atom. The van der Waals surface area contributed by atoms with Crippen LogP contribution in [0.5, 0.6) is 0 Å². The topological polar surface area (TPSA) is 68.0 Å². The van der Waals surface area contributed by atoms with Gasteiger partial charge < -0.3 is 5.11 Å². The van der Waals surface area contributed by atoms with E-state index in [1.165, 1.54) is 0 Å². The molecule has 0 aliphatic carbocycles. The zero-order valence-corrected chi connectivity index (χ0v) is 9.71. The average Bonchev–Trinajstić information content (AvgIpc) is 2.58. The number of carboxylic acid groups (broad SMARTS) is 1. The molecule has 0 bridgehead atoms. The molecule has 0 saturated heterocycles. The Kier molecular flexibility index (Phi) is 2.91. The van der Waals surface area contributed by atoms with Crippen LogP contribution in [0.3, 0.4) is 0 Å². The van der Waals surface area contributed by atoms with Crippen LogP contribution >= 0.6 is 0 Å². The Bertz CT molecular complexity index is 541. The van der Waals surface area contributed by atoms with E-state index in [1.54, 1.807) is 12.3 Å². The minimum absolute atomic E-state index is 0.0884. The minimum atomic E-state index is -0.893. The maximum atomic E-state index is 10.6. The number of aliphatic carboxylic acids is 1. The van der Waals surface area contributed by atoms with Crippen molar-refractivity contribution in [1.29, 1.82) is 0 Å². The van der Waals surface area contributed by atoms with Crippen LogP contribution in [0.4, 0.5) is 0 Å². The highest BCUT2D eigenvalue weighted by molar-refractivity contribution is 5.69. The van der Waals surface area contributed by atoms with Crippen LogP contribution in [0.2, 0.25) is 0 Å². The van der Waals surface area contributed by atoms with E-state index in [9.17, 15) is 4.79 Å². The van der Waals surface area contributed by atoms with Crippen LogP contribution in [0.15, 0.2) is 24.4 Å². The number of nitrogens with zero attached hydrogens (tertiary/aromatic N) is 3. The summed E-state index contributed by atoms with van der Waals surface area (Å²) in [5.41, 5.74) is 2.56. The fourth-order valence-electron chi connectivity index (χ4n) is 1.73. The molecule has 0 saturated carbocycles. The predicted octanol–water partition coefficient (Wildman–Crippen LogP) is 1.51. The highest BCUT2D eigenvalue weighted by Crippen LogP contribution is 2.12. The van der Waals surface area contributed by atoms with Crippen molar-refractivity contribution in [3.05, 3.63) is 41.5 Å². The molecule has 2 heterocycles. The average molecular weight is 231 g/mol. The normalized spacial score (nSPS) is 10.5. The number of aromatic nitrogens is 3. The lowest BCUT2D eigenvalue weighted by atomic mass is 10.3. The van der Waals surface area contributed by atoms with Gasteiger partial charge in [-0.05, 0) is 32.0 Å². The largest absolute Gasteiger partial charge is 0.481 e. The molecule has 0 fully saturated rings. The van der Waals surface area contributed by atoms with Crippen LogP contribution < -0.4 is 0 Å². The van der Waals surface area contributed by atoms with Gasteiger partial charge in [-0.3, -0.25) is 9.36 Å². The van der Waals surface area contributed by atoms with E-state index in [-0.39, 0.29) is 6.42 Å². The van der Waals surface area contributed by atoms with Gasteiger partial charge in [-0.25, -0.2) is 9.97 Å². The lowest BCUT2D eigenvalue weighted by Crippen LogP contribution is -2.08. The monoisotopic (exact) mass is 231 g/mol. The lowest BCUT2D eigenvalue weighted by molar-refractivity contribution is -0.136. The van der Waals surface area contributed by atoms with E-state index in [2.05, 4.69) is 9.97 Å². The first-order valence-corrected chi connectivity index (χ1v) is 5.27. The second-order valence-corrected chi connectivity index (χ2v) is 3.87. The van der Waals surface area contributed by atoms with Gasteiger partial charge in [0.1, 0.15) is 0 Å². The van der Waals surface area contributed by atoms with Crippen LogP contribution in [0.1, 0.15) is 17.1 Å². The molecular formula is C12H13N3O2. The Morgan fingerprint density at radius 1 is 1.29 bits per heavy atom. The molecule has 5 heteroatoms. The summed E-state index contributed by atoms with van der Waals surface area (Å²) in [4.78, 5) is 19.1. The summed E-state index contributed by atoms with van der Waals surface area (Å²) in [6.07, 6.45) is 1.49. The standard InChI is InChI=1S/C12H13N3O2/c1-8-3-4-9(2)15(8)12-13-6-5-10(14-12)7-11(16)17/h3-6H,7H2,1-2H3,(H,16,17). The molecular weight excluding hydrogens is 218 g/mol. The summed E-state index contributed by atoms with van der Waals surface area (Å²) in [5, 5.41) is 8.73. The zero-order valence-electron chi connectivity index (χ0n) is 9.71. The molecule has 1 N–H and O–H groups in total. The number of carbonyl (C=O) groups is 1. The van der Waals surface area contributed by atoms with Gasteiger partial charge in [0.25, 0.3) is 0 Å². The molecule has 0 aliphatic rings. The Balaban J connectivity index is 2.43. The van der Waals surface area contributed by atoms with Gasteiger partial charge in [0.2, 0.25) is 5.95 Å². The highest BCUT2D eigenvalue weighted by Gasteiger charge is 2.08. The second kappa shape index (κ2) is 4.37. The number of carboxylic acids is 1. The SMILES string of the molecule is Cc1ccc(C)n1-c1nccc(CC(=O)O)n1. The third kappa shape index (κ3) is 2.33. The molecule has 5 nitrogen and oxygen atoms in total. The van der Waals surface area contributed by atoms with Gasteiger partial charge >= 0.3 is 5.97 Å². The summed E-state index contributed by atoms with van der Waals surface area (Å²) in [6.45, 7) is 3.92. The Hall–Kier alpha value is -2.17. The van der Waals surface area contributed by atoms with Crippen molar-refractivity contribution < 1.29 is 9.90 Å². The number of hydrogen-bond acceptors (Lipinski definition) is 3. The van der Waals surface area contributed by atoms with E-state index in [0.717, 1.165) is 11.4 Å². The number of aryl methyl sites for hydroxylation is 2. The number of rotatable bonds is 3. The van der Waals surface area contributed by atoms with Gasteiger partial charge in [-0.15, -0.1) is 0 Å². The molecule has 88 valence electrons.